The van der Waals surface area contributed by atoms with Crippen LogP contribution in [-0.2, 0) is 15.6 Å². The van der Waals surface area contributed by atoms with Gasteiger partial charge in [-0.1, -0.05) is 63.0 Å². The second-order valence-electron chi connectivity index (χ2n) is 7.58. The standard InChI is InChI=1S/C22H26Cl2F2O/c1-5-21(3,15-7-9-19(25)17(23)11-15)13-27-14-22(4,6-2)16-8-10-20(26)18(24)12-16/h7-12H,5-6,13-14H2,1-4H3. The summed E-state index contributed by atoms with van der Waals surface area (Å²) >= 11 is 11.9. The molecular weight excluding hydrogens is 389 g/mol. The van der Waals surface area contributed by atoms with Crippen molar-refractivity contribution in [2.24, 2.45) is 0 Å². The van der Waals surface area contributed by atoms with Crippen molar-refractivity contribution in [2.75, 3.05) is 13.2 Å². The van der Waals surface area contributed by atoms with Crippen molar-refractivity contribution in [3.05, 3.63) is 69.2 Å². The average molecular weight is 415 g/mol. The van der Waals surface area contributed by atoms with Gasteiger partial charge in [-0.05, 0) is 48.2 Å². The highest BCUT2D eigenvalue weighted by molar-refractivity contribution is 6.31. The Morgan fingerprint density at radius 1 is 0.778 bits per heavy atom. The summed E-state index contributed by atoms with van der Waals surface area (Å²) in [5.41, 5.74) is 1.32. The Labute approximate surface area is 170 Å². The molecule has 0 aliphatic carbocycles. The maximum Gasteiger partial charge on any atom is 0.141 e. The fraction of sp³-hybridized carbons (Fsp3) is 0.455. The molecule has 0 spiro atoms. The molecule has 0 bridgehead atoms. The molecule has 0 aromatic heterocycles. The molecule has 5 heteroatoms. The van der Waals surface area contributed by atoms with E-state index >= 15 is 0 Å². The van der Waals surface area contributed by atoms with E-state index in [1.807, 2.05) is 0 Å². The molecule has 0 N–H and O–H groups in total. The van der Waals surface area contributed by atoms with Gasteiger partial charge in [0.2, 0.25) is 0 Å². The number of halogens is 4. The third-order valence-electron chi connectivity index (χ3n) is 5.63. The van der Waals surface area contributed by atoms with Gasteiger partial charge in [-0.15, -0.1) is 0 Å². The summed E-state index contributed by atoms with van der Waals surface area (Å²) < 4.78 is 33.1. The lowest BCUT2D eigenvalue weighted by molar-refractivity contribution is 0.0510. The zero-order chi connectivity index (χ0) is 20.2. The van der Waals surface area contributed by atoms with Crippen molar-refractivity contribution in [1.82, 2.24) is 0 Å². The van der Waals surface area contributed by atoms with Crippen LogP contribution in [0.5, 0.6) is 0 Å². The normalized spacial score (nSPS) is 16.0. The number of ether oxygens (including phenoxy) is 1. The largest absolute Gasteiger partial charge is 0.380 e. The minimum atomic E-state index is -0.425. The molecule has 148 valence electrons. The summed E-state index contributed by atoms with van der Waals surface area (Å²) in [5, 5.41) is 0.234. The van der Waals surface area contributed by atoms with E-state index in [2.05, 4.69) is 27.7 Å². The molecule has 0 radical (unpaired) electrons. The van der Waals surface area contributed by atoms with Crippen LogP contribution in [0.1, 0.15) is 51.7 Å². The molecule has 0 fully saturated rings. The quantitative estimate of drug-likeness (QED) is 0.439. The lowest BCUT2D eigenvalue weighted by Crippen LogP contribution is -2.33. The first kappa shape index (κ1) is 22.1. The smallest absolute Gasteiger partial charge is 0.141 e. The Hall–Kier alpha value is -1.16. The van der Waals surface area contributed by atoms with Crippen LogP contribution in [0, 0.1) is 11.6 Å². The first-order valence-corrected chi connectivity index (χ1v) is 9.89. The van der Waals surface area contributed by atoms with Gasteiger partial charge in [0, 0.05) is 10.8 Å². The van der Waals surface area contributed by atoms with Crippen LogP contribution in [0.2, 0.25) is 10.0 Å². The fourth-order valence-electron chi connectivity index (χ4n) is 3.02. The highest BCUT2D eigenvalue weighted by Gasteiger charge is 2.30. The molecule has 0 saturated heterocycles. The molecule has 2 atom stereocenters. The number of hydrogen-bond donors (Lipinski definition) is 0. The van der Waals surface area contributed by atoms with E-state index in [1.54, 1.807) is 24.3 Å². The Balaban J connectivity index is 2.14. The first-order valence-electron chi connectivity index (χ1n) is 9.14. The van der Waals surface area contributed by atoms with E-state index in [0.29, 0.717) is 13.2 Å². The SMILES string of the molecule is CCC(C)(COCC(C)(CC)c1ccc(F)c(Cl)c1)c1ccc(F)c(Cl)c1. The van der Waals surface area contributed by atoms with Gasteiger partial charge in [-0.3, -0.25) is 0 Å². The molecule has 1 nitrogen and oxygen atoms in total. The van der Waals surface area contributed by atoms with Crippen molar-refractivity contribution in [2.45, 2.75) is 51.4 Å². The van der Waals surface area contributed by atoms with E-state index in [1.165, 1.54) is 12.1 Å². The number of benzene rings is 2. The van der Waals surface area contributed by atoms with E-state index in [0.717, 1.165) is 24.0 Å². The minimum absolute atomic E-state index is 0.117. The summed E-state index contributed by atoms with van der Waals surface area (Å²) in [7, 11) is 0. The van der Waals surface area contributed by atoms with Crippen molar-refractivity contribution in [1.29, 1.82) is 0 Å². The molecule has 0 heterocycles. The second-order valence-corrected chi connectivity index (χ2v) is 8.39. The van der Waals surface area contributed by atoms with Crippen LogP contribution in [-0.4, -0.2) is 13.2 Å². The lowest BCUT2D eigenvalue weighted by Gasteiger charge is -2.33. The zero-order valence-corrected chi connectivity index (χ0v) is 17.7. The van der Waals surface area contributed by atoms with Crippen LogP contribution in [0.4, 0.5) is 8.78 Å². The predicted molar refractivity (Wildman–Crippen MR) is 109 cm³/mol. The van der Waals surface area contributed by atoms with Crippen molar-refractivity contribution in [3.8, 4) is 0 Å². The van der Waals surface area contributed by atoms with Crippen LogP contribution >= 0.6 is 23.2 Å². The molecule has 2 aromatic rings. The van der Waals surface area contributed by atoms with Gasteiger partial charge in [-0.25, -0.2) is 8.78 Å². The Kier molecular flexibility index (Phi) is 7.29. The first-order chi connectivity index (χ1) is 12.6. The Morgan fingerprint density at radius 3 is 1.44 bits per heavy atom. The molecule has 0 saturated carbocycles. The topological polar surface area (TPSA) is 9.23 Å². The fourth-order valence-corrected chi connectivity index (χ4v) is 3.38. The Morgan fingerprint density at radius 2 is 1.15 bits per heavy atom. The number of rotatable bonds is 8. The summed E-state index contributed by atoms with van der Waals surface area (Å²) in [4.78, 5) is 0. The molecule has 0 amide bonds. The summed E-state index contributed by atoms with van der Waals surface area (Å²) in [6.45, 7) is 9.23. The average Bonchev–Trinajstić information content (AvgIpc) is 2.65. The molecule has 2 rings (SSSR count). The lowest BCUT2D eigenvalue weighted by atomic mass is 9.79. The molecule has 0 aliphatic heterocycles. The van der Waals surface area contributed by atoms with Gasteiger partial charge in [0.05, 0.1) is 23.3 Å². The highest BCUT2D eigenvalue weighted by atomic mass is 35.5. The van der Waals surface area contributed by atoms with Crippen molar-refractivity contribution < 1.29 is 13.5 Å². The monoisotopic (exact) mass is 414 g/mol. The van der Waals surface area contributed by atoms with E-state index in [4.69, 9.17) is 27.9 Å². The van der Waals surface area contributed by atoms with Gasteiger partial charge in [-0.2, -0.15) is 0 Å². The predicted octanol–water partition coefficient (Wildman–Crippen LogP) is 7.32. The van der Waals surface area contributed by atoms with Crippen molar-refractivity contribution in [3.63, 3.8) is 0 Å². The molecule has 0 aliphatic rings. The summed E-state index contributed by atoms with van der Waals surface area (Å²) in [5.74, 6) is -0.849. The van der Waals surface area contributed by atoms with Gasteiger partial charge in [0.15, 0.2) is 0 Å². The molecular formula is C22H26Cl2F2O. The third kappa shape index (κ3) is 5.01. The van der Waals surface area contributed by atoms with Gasteiger partial charge < -0.3 is 4.74 Å². The summed E-state index contributed by atoms with van der Waals surface area (Å²) in [6, 6.07) is 9.63. The van der Waals surface area contributed by atoms with Crippen molar-refractivity contribution >= 4 is 23.2 Å². The van der Waals surface area contributed by atoms with E-state index < -0.39 is 11.6 Å². The second kappa shape index (κ2) is 8.89. The minimum Gasteiger partial charge on any atom is -0.380 e. The van der Waals surface area contributed by atoms with Crippen LogP contribution < -0.4 is 0 Å². The maximum atomic E-state index is 13.5. The van der Waals surface area contributed by atoms with Crippen LogP contribution in [0.15, 0.2) is 36.4 Å². The van der Waals surface area contributed by atoms with Crippen LogP contribution in [0.3, 0.4) is 0 Å². The molecule has 2 unspecified atom stereocenters. The highest BCUT2D eigenvalue weighted by Crippen LogP contribution is 2.34. The number of hydrogen-bond acceptors (Lipinski definition) is 1. The zero-order valence-electron chi connectivity index (χ0n) is 16.2. The van der Waals surface area contributed by atoms with Gasteiger partial charge >= 0.3 is 0 Å². The molecule has 27 heavy (non-hydrogen) atoms. The van der Waals surface area contributed by atoms with E-state index in [9.17, 15) is 8.78 Å². The van der Waals surface area contributed by atoms with Crippen LogP contribution in [0.25, 0.3) is 0 Å². The Bertz CT molecular complexity index is 730. The van der Waals surface area contributed by atoms with Gasteiger partial charge in [0.25, 0.3) is 0 Å². The van der Waals surface area contributed by atoms with E-state index in [-0.39, 0.29) is 20.9 Å². The maximum absolute atomic E-state index is 13.5. The molecule has 2 aromatic carbocycles. The summed E-state index contributed by atoms with van der Waals surface area (Å²) in [6.07, 6.45) is 1.64. The third-order valence-corrected chi connectivity index (χ3v) is 6.21. The van der Waals surface area contributed by atoms with Gasteiger partial charge in [0.1, 0.15) is 11.6 Å².